The second kappa shape index (κ2) is 9.17. The monoisotopic (exact) mass is 471 g/mol. The van der Waals surface area contributed by atoms with Gasteiger partial charge in [-0.25, -0.2) is 9.18 Å². The zero-order valence-electron chi connectivity index (χ0n) is 19.3. The van der Waals surface area contributed by atoms with E-state index in [1.807, 2.05) is 36.4 Å². The summed E-state index contributed by atoms with van der Waals surface area (Å²) < 4.78 is 27.1. The van der Waals surface area contributed by atoms with Crippen molar-refractivity contribution in [2.75, 3.05) is 32.8 Å². The molecule has 0 aliphatic carbocycles. The van der Waals surface area contributed by atoms with Crippen LogP contribution in [-0.2, 0) is 17.9 Å². The first kappa shape index (κ1) is 21.8. The van der Waals surface area contributed by atoms with Gasteiger partial charge in [-0.2, -0.15) is 0 Å². The number of H-pyrrole nitrogens is 1. The van der Waals surface area contributed by atoms with Crippen molar-refractivity contribution < 1.29 is 13.9 Å². The summed E-state index contributed by atoms with van der Waals surface area (Å²) in [7, 11) is 0. The van der Waals surface area contributed by atoms with Crippen LogP contribution in [0.2, 0.25) is 0 Å². The Balaban J connectivity index is 1.38. The van der Waals surface area contributed by atoms with Crippen molar-refractivity contribution >= 4 is 22.7 Å². The van der Waals surface area contributed by atoms with E-state index < -0.39 is 0 Å². The fraction of sp³-hybridized carbons (Fsp3) is 0.250. The third-order valence-corrected chi connectivity index (χ3v) is 6.78. The van der Waals surface area contributed by atoms with Crippen molar-refractivity contribution in [2.45, 2.75) is 13.2 Å². The first-order valence-electron chi connectivity index (χ1n) is 11.9. The van der Waals surface area contributed by atoms with Crippen LogP contribution < -0.4 is 10.4 Å². The summed E-state index contributed by atoms with van der Waals surface area (Å²) in [6, 6.07) is 18.7. The van der Waals surface area contributed by atoms with Crippen molar-refractivity contribution in [1.82, 2.24) is 14.5 Å². The van der Waals surface area contributed by atoms with Gasteiger partial charge in [-0.3, -0.25) is 9.47 Å². The van der Waals surface area contributed by atoms with Crippen LogP contribution in [-0.4, -0.2) is 47.3 Å². The molecule has 0 radical (unpaired) electrons. The highest BCUT2D eigenvalue weighted by atomic mass is 19.1. The molecular formula is C28H26FN3O3. The highest BCUT2D eigenvalue weighted by Crippen LogP contribution is 2.38. The molecule has 1 N–H and O–H groups in total. The maximum atomic E-state index is 14.0. The summed E-state index contributed by atoms with van der Waals surface area (Å²) in [5.41, 5.74) is 6.41. The number of morpholine rings is 1. The van der Waals surface area contributed by atoms with Gasteiger partial charge in [0.05, 0.1) is 24.2 Å². The second-order valence-electron chi connectivity index (χ2n) is 8.96. The van der Waals surface area contributed by atoms with Crippen molar-refractivity contribution in [1.29, 1.82) is 0 Å². The summed E-state index contributed by atoms with van der Waals surface area (Å²) >= 11 is 0. The lowest BCUT2D eigenvalue weighted by molar-refractivity contribution is 0.0364. The standard InChI is InChI=1S/C28H26FN3O3/c29-21-6-7-23-24(22-4-2-1-3-20(22)18-35-27(23)17-21)15-19-5-8-26-25(16-19)30-28(33)32(26)10-9-31-11-13-34-14-12-31/h1-8,15-17H,9-14,18H2,(H,30,33)/b24-15+. The lowest BCUT2D eigenvalue weighted by Gasteiger charge is -2.26. The van der Waals surface area contributed by atoms with Crippen molar-refractivity contribution in [3.8, 4) is 5.75 Å². The minimum Gasteiger partial charge on any atom is -0.488 e. The Morgan fingerprint density at radius 2 is 1.83 bits per heavy atom. The Bertz CT molecular complexity index is 1480. The van der Waals surface area contributed by atoms with Crippen LogP contribution in [0.15, 0.2) is 65.5 Å². The quantitative estimate of drug-likeness (QED) is 0.483. The topological polar surface area (TPSA) is 59.5 Å². The molecule has 6 nitrogen and oxygen atoms in total. The van der Waals surface area contributed by atoms with Gasteiger partial charge in [0.25, 0.3) is 0 Å². The predicted molar refractivity (Wildman–Crippen MR) is 134 cm³/mol. The maximum absolute atomic E-state index is 14.0. The van der Waals surface area contributed by atoms with E-state index in [4.69, 9.17) is 9.47 Å². The summed E-state index contributed by atoms with van der Waals surface area (Å²) in [5, 5.41) is 0. The third-order valence-electron chi connectivity index (χ3n) is 6.78. The highest BCUT2D eigenvalue weighted by molar-refractivity contribution is 5.95. The van der Waals surface area contributed by atoms with Crippen LogP contribution in [0.25, 0.3) is 22.7 Å². The molecular weight excluding hydrogens is 445 g/mol. The van der Waals surface area contributed by atoms with Gasteiger partial charge in [0.1, 0.15) is 18.2 Å². The molecule has 3 aromatic carbocycles. The number of nitrogens with one attached hydrogen (secondary N) is 1. The molecule has 178 valence electrons. The summed E-state index contributed by atoms with van der Waals surface area (Å²) in [6.07, 6.45) is 2.08. The number of aromatic nitrogens is 2. The number of benzene rings is 3. The molecule has 2 aliphatic heterocycles. The van der Waals surface area contributed by atoms with E-state index in [0.717, 1.165) is 71.7 Å². The molecule has 0 bridgehead atoms. The van der Waals surface area contributed by atoms with E-state index in [9.17, 15) is 9.18 Å². The normalized spacial score (nSPS) is 17.1. The van der Waals surface area contributed by atoms with Crippen LogP contribution in [0.3, 0.4) is 0 Å². The fourth-order valence-corrected chi connectivity index (χ4v) is 4.93. The van der Waals surface area contributed by atoms with Crippen LogP contribution in [0.4, 0.5) is 4.39 Å². The number of rotatable bonds is 4. The molecule has 3 heterocycles. The Morgan fingerprint density at radius 3 is 2.71 bits per heavy atom. The molecule has 0 spiro atoms. The van der Waals surface area contributed by atoms with E-state index in [0.29, 0.717) is 18.9 Å². The van der Waals surface area contributed by atoms with Crippen LogP contribution in [0.1, 0.15) is 22.3 Å². The lowest BCUT2D eigenvalue weighted by atomic mass is 9.92. The molecule has 0 saturated carbocycles. The molecule has 4 aromatic rings. The van der Waals surface area contributed by atoms with E-state index >= 15 is 0 Å². The van der Waals surface area contributed by atoms with E-state index in [1.54, 1.807) is 10.6 Å². The van der Waals surface area contributed by atoms with E-state index in [-0.39, 0.29) is 11.5 Å². The number of fused-ring (bicyclic) bond motifs is 3. The van der Waals surface area contributed by atoms with Crippen molar-refractivity contribution in [2.24, 2.45) is 0 Å². The third kappa shape index (κ3) is 4.29. The SMILES string of the molecule is O=c1[nH]c2cc(/C=C3\c4ccccc4COc4cc(F)ccc43)ccc2n1CCN1CCOCC1. The average molecular weight is 472 g/mol. The lowest BCUT2D eigenvalue weighted by Crippen LogP contribution is -2.39. The number of nitrogens with zero attached hydrogens (tertiary/aromatic N) is 2. The minimum atomic E-state index is -0.327. The van der Waals surface area contributed by atoms with Gasteiger partial charge >= 0.3 is 5.69 Å². The Labute approximate surface area is 202 Å². The number of ether oxygens (including phenoxy) is 2. The maximum Gasteiger partial charge on any atom is 0.326 e. The average Bonchev–Trinajstić information content (AvgIpc) is 3.11. The second-order valence-corrected chi connectivity index (χ2v) is 8.96. The molecule has 35 heavy (non-hydrogen) atoms. The number of aromatic amines is 1. The molecule has 1 aromatic heterocycles. The van der Waals surface area contributed by atoms with Gasteiger partial charge in [-0.1, -0.05) is 30.3 Å². The molecule has 2 aliphatic rings. The molecule has 7 heteroatoms. The molecule has 1 fully saturated rings. The zero-order valence-corrected chi connectivity index (χ0v) is 19.3. The van der Waals surface area contributed by atoms with Gasteiger partial charge in [0, 0.05) is 37.8 Å². The molecule has 0 amide bonds. The zero-order chi connectivity index (χ0) is 23.8. The predicted octanol–water partition coefficient (Wildman–Crippen LogP) is 4.28. The van der Waals surface area contributed by atoms with Crippen LogP contribution in [0.5, 0.6) is 5.75 Å². The fourth-order valence-electron chi connectivity index (χ4n) is 4.93. The number of halogens is 1. The smallest absolute Gasteiger partial charge is 0.326 e. The molecule has 6 rings (SSSR count). The number of hydrogen-bond acceptors (Lipinski definition) is 4. The molecule has 1 saturated heterocycles. The van der Waals surface area contributed by atoms with Crippen molar-refractivity contribution in [3.05, 3.63) is 99.2 Å². The van der Waals surface area contributed by atoms with Gasteiger partial charge < -0.3 is 14.5 Å². The van der Waals surface area contributed by atoms with Crippen LogP contribution >= 0.6 is 0 Å². The first-order valence-corrected chi connectivity index (χ1v) is 11.9. The molecule has 0 atom stereocenters. The van der Waals surface area contributed by atoms with Gasteiger partial charge in [-0.15, -0.1) is 0 Å². The summed E-state index contributed by atoms with van der Waals surface area (Å²) in [6.45, 7) is 5.09. The van der Waals surface area contributed by atoms with Gasteiger partial charge in [0.15, 0.2) is 0 Å². The number of hydrogen-bond donors (Lipinski definition) is 1. The Kier molecular flexibility index (Phi) is 5.72. The number of imidazole rings is 1. The summed E-state index contributed by atoms with van der Waals surface area (Å²) in [5.74, 6) is 0.197. The first-order chi connectivity index (χ1) is 17.2. The van der Waals surface area contributed by atoms with Gasteiger partial charge in [0.2, 0.25) is 0 Å². The highest BCUT2D eigenvalue weighted by Gasteiger charge is 2.20. The Morgan fingerprint density at radius 1 is 0.971 bits per heavy atom. The molecule has 0 unspecified atom stereocenters. The van der Waals surface area contributed by atoms with Crippen molar-refractivity contribution in [3.63, 3.8) is 0 Å². The summed E-state index contributed by atoms with van der Waals surface area (Å²) in [4.78, 5) is 18.0. The Hall–Kier alpha value is -3.68. The van der Waals surface area contributed by atoms with E-state index in [1.165, 1.54) is 12.1 Å². The largest absolute Gasteiger partial charge is 0.488 e. The minimum absolute atomic E-state index is 0.105. The van der Waals surface area contributed by atoms with Crippen LogP contribution in [0, 0.1) is 5.82 Å². The van der Waals surface area contributed by atoms with Gasteiger partial charge in [-0.05, 0) is 52.6 Å². The van der Waals surface area contributed by atoms with E-state index in [2.05, 4.69) is 22.0 Å².